The van der Waals surface area contributed by atoms with Gasteiger partial charge in [-0.05, 0) is 99.5 Å². The van der Waals surface area contributed by atoms with Crippen molar-refractivity contribution in [2.24, 2.45) is 0 Å². The van der Waals surface area contributed by atoms with Crippen molar-refractivity contribution < 1.29 is 0 Å². The number of rotatable bonds is 4. The Kier molecular flexibility index (Phi) is 6.05. The maximum Gasteiger partial charge on any atom is 0.0541 e. The molecule has 2 nitrogen and oxygen atoms in total. The average molecular weight is 649 g/mol. The van der Waals surface area contributed by atoms with Crippen molar-refractivity contribution in [2.75, 3.05) is 0 Å². The van der Waals surface area contributed by atoms with Gasteiger partial charge in [0.25, 0.3) is 0 Å². The number of hydrogen-bond acceptors (Lipinski definition) is 0. The van der Waals surface area contributed by atoms with Crippen LogP contribution in [-0.4, -0.2) is 9.13 Å². The molecule has 0 fully saturated rings. The van der Waals surface area contributed by atoms with E-state index >= 15 is 0 Å². The van der Waals surface area contributed by atoms with Crippen molar-refractivity contribution >= 4 is 43.6 Å². The van der Waals surface area contributed by atoms with Crippen molar-refractivity contribution in [3.63, 3.8) is 0 Å². The first kappa shape index (κ1) is 28.2. The van der Waals surface area contributed by atoms with E-state index < -0.39 is 0 Å². The largest absolute Gasteiger partial charge is 0.309 e. The molecule has 0 aliphatic heterocycles. The zero-order chi connectivity index (χ0) is 33.5. The molecule has 11 rings (SSSR count). The standard InChI is InChI=1S/C49H32N2/c1-2-12-37-34(11-1)31-44-39(37)30-29-38(32-21-25-35(26-22-32)50-45-17-7-3-13-40(45)41-14-4-8-18-46(41)50)49(44)33-23-27-36(28-24-33)51-47-19-9-5-15-42(47)43-16-6-10-20-48(43)51/h1-30H,31H2. The topological polar surface area (TPSA) is 9.86 Å². The molecule has 0 saturated heterocycles. The number of para-hydroxylation sites is 4. The van der Waals surface area contributed by atoms with Crippen molar-refractivity contribution in [1.29, 1.82) is 0 Å². The molecule has 0 radical (unpaired) electrons. The Morgan fingerprint density at radius 1 is 0.314 bits per heavy atom. The van der Waals surface area contributed by atoms with Gasteiger partial charge in [-0.15, -0.1) is 0 Å². The lowest BCUT2D eigenvalue weighted by atomic mass is 9.88. The smallest absolute Gasteiger partial charge is 0.0541 e. The predicted molar refractivity (Wildman–Crippen MR) is 214 cm³/mol. The third-order valence-corrected chi connectivity index (χ3v) is 11.0. The summed E-state index contributed by atoms with van der Waals surface area (Å²) in [5, 5.41) is 5.12. The van der Waals surface area contributed by atoms with Crippen LogP contribution in [0.5, 0.6) is 0 Å². The summed E-state index contributed by atoms with van der Waals surface area (Å²) in [7, 11) is 0. The van der Waals surface area contributed by atoms with Crippen molar-refractivity contribution in [3.8, 4) is 44.8 Å². The Morgan fingerprint density at radius 2 is 0.725 bits per heavy atom. The minimum Gasteiger partial charge on any atom is -0.309 e. The van der Waals surface area contributed by atoms with E-state index in [4.69, 9.17) is 0 Å². The van der Waals surface area contributed by atoms with Crippen LogP contribution < -0.4 is 0 Å². The molecule has 2 heteroatoms. The monoisotopic (exact) mass is 648 g/mol. The van der Waals surface area contributed by atoms with Crippen LogP contribution in [-0.2, 0) is 6.42 Å². The van der Waals surface area contributed by atoms with Crippen LogP contribution in [0.15, 0.2) is 182 Å². The molecule has 2 heterocycles. The molecule has 2 aromatic heterocycles. The van der Waals surface area contributed by atoms with Crippen LogP contribution in [0.2, 0.25) is 0 Å². The van der Waals surface area contributed by atoms with Gasteiger partial charge in [-0.3, -0.25) is 0 Å². The number of nitrogens with zero attached hydrogens (tertiary/aromatic N) is 2. The van der Waals surface area contributed by atoms with Gasteiger partial charge in [0.1, 0.15) is 0 Å². The average Bonchev–Trinajstić information content (AvgIpc) is 3.86. The first-order chi connectivity index (χ1) is 25.3. The first-order valence-electron chi connectivity index (χ1n) is 17.7. The summed E-state index contributed by atoms with van der Waals surface area (Å²) in [5.41, 5.74) is 17.8. The highest BCUT2D eigenvalue weighted by Gasteiger charge is 2.24. The quantitative estimate of drug-likeness (QED) is 0.180. The Hall–Kier alpha value is -6.64. The van der Waals surface area contributed by atoms with E-state index in [0.29, 0.717) is 0 Å². The Bertz CT molecular complexity index is 2870. The number of fused-ring (bicyclic) bond motifs is 9. The summed E-state index contributed by atoms with van der Waals surface area (Å²) in [6, 6.07) is 66.9. The number of hydrogen-bond donors (Lipinski definition) is 0. The molecule has 8 aromatic carbocycles. The molecule has 51 heavy (non-hydrogen) atoms. The molecule has 1 aliphatic rings. The summed E-state index contributed by atoms with van der Waals surface area (Å²) in [5.74, 6) is 0. The third kappa shape index (κ3) is 4.17. The zero-order valence-electron chi connectivity index (χ0n) is 27.9. The lowest BCUT2D eigenvalue weighted by Crippen LogP contribution is -1.97. The summed E-state index contributed by atoms with van der Waals surface area (Å²) in [6.45, 7) is 0. The van der Waals surface area contributed by atoms with Crippen molar-refractivity contribution in [1.82, 2.24) is 9.13 Å². The predicted octanol–water partition coefficient (Wildman–Crippen LogP) is 12.8. The second kappa shape index (κ2) is 10.9. The van der Waals surface area contributed by atoms with Crippen LogP contribution in [0, 0.1) is 0 Å². The molecule has 0 saturated carbocycles. The molecule has 0 bridgehead atoms. The highest BCUT2D eigenvalue weighted by molar-refractivity contribution is 6.10. The highest BCUT2D eigenvalue weighted by atomic mass is 15.0. The van der Waals surface area contributed by atoms with E-state index in [9.17, 15) is 0 Å². The third-order valence-electron chi connectivity index (χ3n) is 11.0. The van der Waals surface area contributed by atoms with E-state index in [-0.39, 0.29) is 0 Å². The van der Waals surface area contributed by atoms with E-state index in [0.717, 1.165) is 6.42 Å². The summed E-state index contributed by atoms with van der Waals surface area (Å²) < 4.78 is 4.79. The van der Waals surface area contributed by atoms with E-state index in [2.05, 4.69) is 191 Å². The molecule has 238 valence electrons. The minimum atomic E-state index is 0.933. The van der Waals surface area contributed by atoms with Gasteiger partial charge in [-0.25, -0.2) is 0 Å². The second-order valence-corrected chi connectivity index (χ2v) is 13.7. The van der Waals surface area contributed by atoms with Crippen LogP contribution in [0.25, 0.3) is 88.4 Å². The summed E-state index contributed by atoms with van der Waals surface area (Å²) in [4.78, 5) is 0. The summed E-state index contributed by atoms with van der Waals surface area (Å²) in [6.07, 6.45) is 0.933. The van der Waals surface area contributed by atoms with Crippen LogP contribution in [0.4, 0.5) is 0 Å². The van der Waals surface area contributed by atoms with Gasteiger partial charge >= 0.3 is 0 Å². The second-order valence-electron chi connectivity index (χ2n) is 13.7. The molecular formula is C49H32N2. The fraction of sp³-hybridized carbons (Fsp3) is 0.0204. The Morgan fingerprint density at radius 3 is 1.24 bits per heavy atom. The fourth-order valence-electron chi connectivity index (χ4n) is 8.75. The van der Waals surface area contributed by atoms with Gasteiger partial charge in [0.15, 0.2) is 0 Å². The molecule has 10 aromatic rings. The van der Waals surface area contributed by atoms with Crippen molar-refractivity contribution in [3.05, 3.63) is 193 Å². The number of aromatic nitrogens is 2. The first-order valence-corrected chi connectivity index (χ1v) is 17.7. The van der Waals surface area contributed by atoms with Gasteiger partial charge in [-0.1, -0.05) is 133 Å². The molecule has 1 aliphatic carbocycles. The highest BCUT2D eigenvalue weighted by Crippen LogP contribution is 2.46. The molecule has 0 spiro atoms. The van der Waals surface area contributed by atoms with Gasteiger partial charge in [0, 0.05) is 32.9 Å². The Balaban J connectivity index is 1.07. The SMILES string of the molecule is c1ccc2c(c1)Cc1c-2ccc(-c2ccc(-n3c4ccccc4c4ccccc43)cc2)c1-c1ccc(-n2c3ccccc3c3ccccc32)cc1. The molecule has 0 amide bonds. The van der Waals surface area contributed by atoms with E-state index in [1.807, 2.05) is 0 Å². The van der Waals surface area contributed by atoms with Crippen LogP contribution in [0.3, 0.4) is 0 Å². The summed E-state index contributed by atoms with van der Waals surface area (Å²) >= 11 is 0. The maximum atomic E-state index is 2.40. The fourth-order valence-corrected chi connectivity index (χ4v) is 8.75. The molecule has 0 unspecified atom stereocenters. The normalized spacial score (nSPS) is 12.2. The maximum absolute atomic E-state index is 2.40. The van der Waals surface area contributed by atoms with Crippen molar-refractivity contribution in [2.45, 2.75) is 6.42 Å². The zero-order valence-corrected chi connectivity index (χ0v) is 27.9. The molecule has 0 atom stereocenters. The van der Waals surface area contributed by atoms with Gasteiger partial charge in [-0.2, -0.15) is 0 Å². The lowest BCUT2D eigenvalue weighted by Gasteiger charge is -2.17. The van der Waals surface area contributed by atoms with E-state index in [1.54, 1.807) is 0 Å². The van der Waals surface area contributed by atoms with Gasteiger partial charge < -0.3 is 9.13 Å². The number of benzene rings is 8. The molecular weight excluding hydrogens is 617 g/mol. The van der Waals surface area contributed by atoms with Crippen LogP contribution >= 0.6 is 0 Å². The van der Waals surface area contributed by atoms with Crippen LogP contribution in [0.1, 0.15) is 11.1 Å². The minimum absolute atomic E-state index is 0.933. The lowest BCUT2D eigenvalue weighted by molar-refractivity contribution is 1.18. The van der Waals surface area contributed by atoms with E-state index in [1.165, 1.54) is 99.5 Å². The van der Waals surface area contributed by atoms with Gasteiger partial charge in [0.2, 0.25) is 0 Å². The van der Waals surface area contributed by atoms with Gasteiger partial charge in [0.05, 0.1) is 22.1 Å². The Labute approximate surface area is 296 Å². The molecule has 0 N–H and O–H groups in total.